The zero-order valence-corrected chi connectivity index (χ0v) is 8.92. The van der Waals surface area contributed by atoms with Gasteiger partial charge in [0.15, 0.2) is 0 Å². The van der Waals surface area contributed by atoms with Gasteiger partial charge in [0.05, 0.1) is 0 Å². The first-order valence-corrected chi connectivity index (χ1v) is 5.76. The molecular weight excluding hydrogens is 160 g/mol. The highest BCUT2D eigenvalue weighted by atomic mass is 15.2. The third-order valence-corrected chi connectivity index (χ3v) is 3.89. The van der Waals surface area contributed by atoms with Crippen LogP contribution >= 0.6 is 0 Å². The van der Waals surface area contributed by atoms with Gasteiger partial charge in [-0.25, -0.2) is 0 Å². The maximum absolute atomic E-state index is 3.71. The maximum Gasteiger partial charge on any atom is 0.0251 e. The van der Waals surface area contributed by atoms with Gasteiger partial charge in [-0.2, -0.15) is 0 Å². The Kier molecular flexibility index (Phi) is 2.89. The minimum absolute atomic E-state index is 0.789. The van der Waals surface area contributed by atoms with Gasteiger partial charge < -0.3 is 10.2 Å². The third kappa shape index (κ3) is 1.75. The fraction of sp³-hybridized carbons (Fsp3) is 1.00. The Hall–Kier alpha value is -0.0800. The topological polar surface area (TPSA) is 15.3 Å². The smallest absolute Gasteiger partial charge is 0.0251 e. The molecule has 0 aromatic heterocycles. The molecule has 0 amide bonds. The van der Waals surface area contributed by atoms with Crippen LogP contribution < -0.4 is 5.32 Å². The second-order valence-electron chi connectivity index (χ2n) is 4.63. The molecule has 0 aromatic rings. The van der Waals surface area contributed by atoms with Crippen molar-refractivity contribution in [3.63, 3.8) is 0 Å². The molecule has 2 aliphatic heterocycles. The number of piperidine rings is 2. The Bertz CT molecular complexity index is 169. The van der Waals surface area contributed by atoms with E-state index in [4.69, 9.17) is 0 Å². The van der Waals surface area contributed by atoms with Crippen molar-refractivity contribution in [1.82, 2.24) is 10.2 Å². The van der Waals surface area contributed by atoms with Crippen LogP contribution in [-0.2, 0) is 0 Å². The Morgan fingerprint density at radius 2 is 2.23 bits per heavy atom. The molecule has 0 bridgehead atoms. The van der Waals surface area contributed by atoms with Crippen molar-refractivity contribution >= 4 is 0 Å². The van der Waals surface area contributed by atoms with Crippen molar-refractivity contribution < 1.29 is 0 Å². The van der Waals surface area contributed by atoms with Crippen LogP contribution in [0.5, 0.6) is 0 Å². The monoisotopic (exact) mass is 182 g/mol. The summed E-state index contributed by atoms with van der Waals surface area (Å²) < 4.78 is 0. The number of likely N-dealkylation sites (N-methyl/N-ethyl adjacent to an activating group) is 1. The standard InChI is InChI=1S/C11H22N2/c1-3-10-11-9(5-4-7-12-11)6-8-13(10)2/h9-12H,3-8H2,1-2H3. The van der Waals surface area contributed by atoms with Crippen LogP contribution in [0.25, 0.3) is 0 Å². The van der Waals surface area contributed by atoms with E-state index in [0.717, 1.165) is 18.0 Å². The molecule has 0 aromatic carbocycles. The summed E-state index contributed by atoms with van der Waals surface area (Å²) in [7, 11) is 2.28. The van der Waals surface area contributed by atoms with Crippen LogP contribution in [-0.4, -0.2) is 37.1 Å². The van der Waals surface area contributed by atoms with Gasteiger partial charge >= 0.3 is 0 Å². The van der Waals surface area contributed by atoms with E-state index in [1.54, 1.807) is 0 Å². The van der Waals surface area contributed by atoms with E-state index in [9.17, 15) is 0 Å². The second-order valence-corrected chi connectivity index (χ2v) is 4.63. The Morgan fingerprint density at radius 3 is 3.00 bits per heavy atom. The SMILES string of the molecule is CCC1C2NCCCC2CCN1C. The minimum atomic E-state index is 0.789. The maximum atomic E-state index is 3.71. The van der Waals surface area contributed by atoms with E-state index in [1.165, 1.54) is 38.8 Å². The number of hydrogen-bond donors (Lipinski definition) is 1. The Balaban J connectivity index is 2.04. The zero-order chi connectivity index (χ0) is 9.26. The number of fused-ring (bicyclic) bond motifs is 1. The average molecular weight is 182 g/mol. The first kappa shape index (κ1) is 9.47. The van der Waals surface area contributed by atoms with E-state index < -0.39 is 0 Å². The molecule has 3 unspecified atom stereocenters. The molecule has 76 valence electrons. The van der Waals surface area contributed by atoms with E-state index >= 15 is 0 Å². The summed E-state index contributed by atoms with van der Waals surface area (Å²) in [5, 5.41) is 3.71. The predicted molar refractivity (Wildman–Crippen MR) is 55.8 cm³/mol. The second kappa shape index (κ2) is 3.97. The number of hydrogen-bond acceptors (Lipinski definition) is 2. The van der Waals surface area contributed by atoms with Crippen molar-refractivity contribution in [2.45, 2.75) is 44.7 Å². The molecular formula is C11H22N2. The highest BCUT2D eigenvalue weighted by molar-refractivity contribution is 4.94. The van der Waals surface area contributed by atoms with Gasteiger partial charge in [-0.15, -0.1) is 0 Å². The van der Waals surface area contributed by atoms with Crippen molar-refractivity contribution in [2.24, 2.45) is 5.92 Å². The summed E-state index contributed by atoms with van der Waals surface area (Å²) in [5.41, 5.74) is 0. The molecule has 2 nitrogen and oxygen atoms in total. The van der Waals surface area contributed by atoms with Crippen LogP contribution in [0.3, 0.4) is 0 Å². The van der Waals surface area contributed by atoms with E-state index in [1.807, 2.05) is 0 Å². The molecule has 1 N–H and O–H groups in total. The number of rotatable bonds is 1. The molecule has 0 saturated carbocycles. The summed E-state index contributed by atoms with van der Waals surface area (Å²) in [4.78, 5) is 2.54. The van der Waals surface area contributed by atoms with Crippen molar-refractivity contribution in [1.29, 1.82) is 0 Å². The summed E-state index contributed by atoms with van der Waals surface area (Å²) in [6.07, 6.45) is 5.55. The van der Waals surface area contributed by atoms with Gasteiger partial charge in [0.25, 0.3) is 0 Å². The van der Waals surface area contributed by atoms with Crippen LogP contribution in [0.2, 0.25) is 0 Å². The summed E-state index contributed by atoms with van der Waals surface area (Å²) in [5.74, 6) is 0.967. The molecule has 3 atom stereocenters. The fourth-order valence-corrected chi connectivity index (χ4v) is 3.13. The quantitative estimate of drug-likeness (QED) is 0.660. The van der Waals surface area contributed by atoms with Crippen molar-refractivity contribution in [3.05, 3.63) is 0 Å². The Labute approximate surface area is 81.7 Å². The molecule has 2 heteroatoms. The molecule has 2 saturated heterocycles. The molecule has 0 spiro atoms. The highest BCUT2D eigenvalue weighted by Gasteiger charge is 2.36. The van der Waals surface area contributed by atoms with Gasteiger partial charge in [0.2, 0.25) is 0 Å². The van der Waals surface area contributed by atoms with Crippen LogP contribution in [0.1, 0.15) is 32.6 Å². The van der Waals surface area contributed by atoms with Gasteiger partial charge in [0, 0.05) is 12.1 Å². The van der Waals surface area contributed by atoms with E-state index in [2.05, 4.69) is 24.2 Å². The lowest BCUT2D eigenvalue weighted by Gasteiger charge is -2.46. The predicted octanol–water partition coefficient (Wildman–Crippen LogP) is 1.47. The minimum Gasteiger partial charge on any atom is -0.312 e. The molecule has 13 heavy (non-hydrogen) atoms. The molecule has 2 rings (SSSR count). The molecule has 0 radical (unpaired) electrons. The van der Waals surface area contributed by atoms with Gasteiger partial charge in [-0.3, -0.25) is 0 Å². The van der Waals surface area contributed by atoms with Gasteiger partial charge in [-0.1, -0.05) is 6.92 Å². The number of likely N-dealkylation sites (tertiary alicyclic amines) is 1. The average Bonchev–Trinajstić information content (AvgIpc) is 2.18. The van der Waals surface area contributed by atoms with E-state index in [0.29, 0.717) is 0 Å². The molecule has 2 aliphatic rings. The fourth-order valence-electron chi connectivity index (χ4n) is 3.13. The summed E-state index contributed by atoms with van der Waals surface area (Å²) in [6, 6.07) is 1.58. The molecule has 2 fully saturated rings. The number of nitrogens with one attached hydrogen (secondary N) is 1. The third-order valence-electron chi connectivity index (χ3n) is 3.89. The van der Waals surface area contributed by atoms with Crippen LogP contribution in [0.15, 0.2) is 0 Å². The highest BCUT2D eigenvalue weighted by Crippen LogP contribution is 2.29. The first-order valence-electron chi connectivity index (χ1n) is 5.76. The van der Waals surface area contributed by atoms with Gasteiger partial charge in [0.1, 0.15) is 0 Å². The van der Waals surface area contributed by atoms with Crippen molar-refractivity contribution in [2.75, 3.05) is 20.1 Å². The summed E-state index contributed by atoms with van der Waals surface area (Å²) >= 11 is 0. The molecule has 0 aliphatic carbocycles. The lowest BCUT2D eigenvalue weighted by Crippen LogP contribution is -2.58. The zero-order valence-electron chi connectivity index (χ0n) is 8.92. The normalized spacial score (nSPS) is 41.5. The molecule has 2 heterocycles. The first-order chi connectivity index (χ1) is 6.33. The van der Waals surface area contributed by atoms with Crippen LogP contribution in [0, 0.1) is 5.92 Å². The van der Waals surface area contributed by atoms with Crippen LogP contribution in [0.4, 0.5) is 0 Å². The van der Waals surface area contributed by atoms with E-state index in [-0.39, 0.29) is 0 Å². The number of nitrogens with zero attached hydrogens (tertiary/aromatic N) is 1. The summed E-state index contributed by atoms with van der Waals surface area (Å²) in [6.45, 7) is 4.87. The van der Waals surface area contributed by atoms with Gasteiger partial charge in [-0.05, 0) is 51.7 Å². The lowest BCUT2D eigenvalue weighted by atomic mass is 9.79. The largest absolute Gasteiger partial charge is 0.312 e. The Morgan fingerprint density at radius 1 is 1.38 bits per heavy atom. The van der Waals surface area contributed by atoms with Crippen molar-refractivity contribution in [3.8, 4) is 0 Å². The lowest BCUT2D eigenvalue weighted by molar-refractivity contribution is 0.0713.